The van der Waals surface area contributed by atoms with Crippen molar-refractivity contribution in [1.82, 2.24) is 15.4 Å². The summed E-state index contributed by atoms with van der Waals surface area (Å²) in [4.78, 5) is 4.22. The average Bonchev–Trinajstić information content (AvgIpc) is 2.28. The van der Waals surface area contributed by atoms with Gasteiger partial charge in [0.2, 0.25) is 10.0 Å². The normalized spacial score (nSPS) is 20.8. The van der Waals surface area contributed by atoms with Crippen LogP contribution in [0.4, 0.5) is 0 Å². The first-order valence-corrected chi connectivity index (χ1v) is 8.30. The van der Waals surface area contributed by atoms with E-state index in [0.717, 1.165) is 38.3 Å². The molecule has 18 heavy (non-hydrogen) atoms. The third-order valence-electron chi connectivity index (χ3n) is 3.38. The molecular formula is C11H22N4O2S. The number of hydrogen-bond donors (Lipinski definition) is 3. The highest BCUT2D eigenvalue weighted by Crippen LogP contribution is 2.25. The van der Waals surface area contributed by atoms with E-state index in [1.165, 1.54) is 6.42 Å². The van der Waals surface area contributed by atoms with Crippen molar-refractivity contribution in [3.8, 4) is 0 Å². The summed E-state index contributed by atoms with van der Waals surface area (Å²) in [6, 6.07) is 0. The molecule has 1 heterocycles. The van der Waals surface area contributed by atoms with Crippen molar-refractivity contribution in [2.45, 2.75) is 25.7 Å². The zero-order chi connectivity index (χ0) is 12.8. The van der Waals surface area contributed by atoms with Gasteiger partial charge in [-0.25, -0.2) is 13.1 Å². The molecule has 0 aromatic carbocycles. The van der Waals surface area contributed by atoms with Gasteiger partial charge >= 0.3 is 0 Å². The lowest BCUT2D eigenvalue weighted by Crippen LogP contribution is -2.44. The molecule has 6 nitrogen and oxygen atoms in total. The van der Waals surface area contributed by atoms with Gasteiger partial charge in [-0.05, 0) is 25.2 Å². The van der Waals surface area contributed by atoms with E-state index in [1.807, 2.05) is 0 Å². The second kappa shape index (κ2) is 6.38. The van der Waals surface area contributed by atoms with E-state index in [4.69, 9.17) is 0 Å². The summed E-state index contributed by atoms with van der Waals surface area (Å²) >= 11 is 0. The van der Waals surface area contributed by atoms with Crippen LogP contribution in [0.1, 0.15) is 25.7 Å². The van der Waals surface area contributed by atoms with Crippen LogP contribution in [0, 0.1) is 5.92 Å². The number of hydrogen-bond acceptors (Lipinski definition) is 5. The largest absolute Gasteiger partial charge is 0.356 e. The third kappa shape index (κ3) is 4.45. The van der Waals surface area contributed by atoms with E-state index in [9.17, 15) is 8.42 Å². The van der Waals surface area contributed by atoms with Gasteiger partial charge in [-0.1, -0.05) is 6.42 Å². The standard InChI is InChI=1S/C11H22N4O2S/c16-18(17,15-9-10-3-1-4-10)8-7-14-11-12-5-2-6-13-11/h10,15H,1-9H2,(H2,12,13,14). The Labute approximate surface area is 109 Å². The Morgan fingerprint density at radius 3 is 2.78 bits per heavy atom. The summed E-state index contributed by atoms with van der Waals surface area (Å²) in [5, 5.41) is 6.11. The van der Waals surface area contributed by atoms with Gasteiger partial charge in [0.25, 0.3) is 0 Å². The van der Waals surface area contributed by atoms with Crippen LogP contribution in [0.2, 0.25) is 0 Å². The third-order valence-corrected chi connectivity index (χ3v) is 4.73. The quantitative estimate of drug-likeness (QED) is 0.618. The van der Waals surface area contributed by atoms with Crippen LogP contribution in [0.3, 0.4) is 0 Å². The van der Waals surface area contributed by atoms with Gasteiger partial charge in [0.15, 0.2) is 5.96 Å². The summed E-state index contributed by atoms with van der Waals surface area (Å²) in [6.45, 7) is 2.70. The van der Waals surface area contributed by atoms with E-state index >= 15 is 0 Å². The molecule has 2 rings (SSSR count). The molecule has 0 saturated heterocycles. The van der Waals surface area contributed by atoms with Gasteiger partial charge in [0, 0.05) is 26.2 Å². The number of sulfonamides is 1. The lowest BCUT2D eigenvalue weighted by atomic mass is 9.86. The van der Waals surface area contributed by atoms with Gasteiger partial charge in [0.1, 0.15) is 0 Å². The molecule has 7 heteroatoms. The molecule has 0 unspecified atom stereocenters. The highest BCUT2D eigenvalue weighted by atomic mass is 32.2. The topological polar surface area (TPSA) is 82.6 Å². The number of guanidine groups is 1. The maximum absolute atomic E-state index is 11.7. The predicted molar refractivity (Wildman–Crippen MR) is 72.1 cm³/mol. The Kier molecular flexibility index (Phi) is 4.82. The zero-order valence-corrected chi connectivity index (χ0v) is 11.4. The van der Waals surface area contributed by atoms with E-state index in [1.54, 1.807) is 0 Å². The Bertz CT molecular complexity index is 390. The molecule has 1 saturated carbocycles. The first-order valence-electron chi connectivity index (χ1n) is 6.65. The molecule has 0 aromatic rings. The highest BCUT2D eigenvalue weighted by Gasteiger charge is 2.20. The van der Waals surface area contributed by atoms with Gasteiger partial charge < -0.3 is 10.6 Å². The van der Waals surface area contributed by atoms with E-state index in [2.05, 4.69) is 20.3 Å². The number of nitrogens with one attached hydrogen (secondary N) is 3. The van der Waals surface area contributed by atoms with E-state index in [0.29, 0.717) is 19.0 Å². The molecule has 2 aliphatic rings. The Morgan fingerprint density at radius 2 is 2.17 bits per heavy atom. The first kappa shape index (κ1) is 13.6. The first-order chi connectivity index (χ1) is 8.66. The molecule has 0 aromatic heterocycles. The smallest absolute Gasteiger partial charge is 0.213 e. The monoisotopic (exact) mass is 274 g/mol. The van der Waals surface area contributed by atoms with Crippen molar-refractivity contribution in [1.29, 1.82) is 0 Å². The molecular weight excluding hydrogens is 252 g/mol. The molecule has 0 atom stereocenters. The average molecular weight is 274 g/mol. The number of aliphatic imine (C=N–C) groups is 1. The van der Waals surface area contributed by atoms with Crippen molar-refractivity contribution in [2.75, 3.05) is 31.9 Å². The number of nitrogens with zero attached hydrogens (tertiary/aromatic N) is 1. The van der Waals surface area contributed by atoms with Crippen LogP contribution >= 0.6 is 0 Å². The summed E-state index contributed by atoms with van der Waals surface area (Å²) < 4.78 is 26.1. The van der Waals surface area contributed by atoms with Gasteiger partial charge in [-0.2, -0.15) is 0 Å². The van der Waals surface area contributed by atoms with Crippen LogP contribution in [-0.2, 0) is 10.0 Å². The second-order valence-corrected chi connectivity index (χ2v) is 6.83. The fourth-order valence-corrected chi connectivity index (χ4v) is 2.97. The SMILES string of the molecule is O=S(=O)(CCNC1=NCCCN1)NCC1CCC1. The van der Waals surface area contributed by atoms with Crippen LogP contribution in [0.25, 0.3) is 0 Å². The fraction of sp³-hybridized carbons (Fsp3) is 0.909. The molecule has 1 fully saturated rings. The minimum absolute atomic E-state index is 0.0976. The van der Waals surface area contributed by atoms with Crippen molar-refractivity contribution in [3.63, 3.8) is 0 Å². The summed E-state index contributed by atoms with van der Waals surface area (Å²) in [7, 11) is -3.15. The van der Waals surface area contributed by atoms with Crippen LogP contribution in [0.15, 0.2) is 4.99 Å². The molecule has 104 valence electrons. The molecule has 0 radical (unpaired) electrons. The fourth-order valence-electron chi connectivity index (χ4n) is 1.97. The maximum Gasteiger partial charge on any atom is 0.213 e. The van der Waals surface area contributed by atoms with Gasteiger partial charge in [-0.3, -0.25) is 4.99 Å². The molecule has 0 amide bonds. The predicted octanol–water partition coefficient (Wildman–Crippen LogP) is -0.355. The second-order valence-electron chi connectivity index (χ2n) is 4.90. The molecule has 0 spiro atoms. The Morgan fingerprint density at radius 1 is 1.33 bits per heavy atom. The minimum Gasteiger partial charge on any atom is -0.356 e. The molecule has 1 aliphatic heterocycles. The minimum atomic E-state index is -3.15. The molecule has 3 N–H and O–H groups in total. The zero-order valence-electron chi connectivity index (χ0n) is 10.6. The van der Waals surface area contributed by atoms with E-state index in [-0.39, 0.29) is 5.75 Å². The van der Waals surface area contributed by atoms with Crippen LogP contribution in [-0.4, -0.2) is 46.3 Å². The summed E-state index contributed by atoms with van der Waals surface area (Å²) in [6.07, 6.45) is 4.58. The van der Waals surface area contributed by atoms with Gasteiger partial charge in [0.05, 0.1) is 5.75 Å². The molecule has 1 aliphatic carbocycles. The van der Waals surface area contributed by atoms with Crippen molar-refractivity contribution in [2.24, 2.45) is 10.9 Å². The van der Waals surface area contributed by atoms with Crippen molar-refractivity contribution in [3.05, 3.63) is 0 Å². The van der Waals surface area contributed by atoms with Crippen LogP contribution < -0.4 is 15.4 Å². The maximum atomic E-state index is 11.7. The van der Waals surface area contributed by atoms with Crippen molar-refractivity contribution < 1.29 is 8.42 Å². The Balaban J connectivity index is 1.63. The highest BCUT2D eigenvalue weighted by molar-refractivity contribution is 7.89. The summed E-state index contributed by atoms with van der Waals surface area (Å²) in [5.74, 6) is 1.37. The van der Waals surface area contributed by atoms with Crippen molar-refractivity contribution >= 4 is 16.0 Å². The van der Waals surface area contributed by atoms with Crippen LogP contribution in [0.5, 0.6) is 0 Å². The van der Waals surface area contributed by atoms with Gasteiger partial charge in [-0.15, -0.1) is 0 Å². The lowest BCUT2D eigenvalue weighted by Gasteiger charge is -2.25. The lowest BCUT2D eigenvalue weighted by molar-refractivity contribution is 0.316. The molecule has 0 bridgehead atoms. The number of rotatable bonds is 6. The summed E-state index contributed by atoms with van der Waals surface area (Å²) in [5.41, 5.74) is 0. The Hall–Kier alpha value is -0.820. The van der Waals surface area contributed by atoms with E-state index < -0.39 is 10.0 Å².